The number of aliphatic hydroxyl groups is 2. The van der Waals surface area contributed by atoms with Gasteiger partial charge >= 0.3 is 0 Å². The molecule has 0 bridgehead atoms. The van der Waals surface area contributed by atoms with Crippen LogP contribution < -0.4 is 0 Å². The normalized spacial score (nSPS) is 16.0. The molecule has 0 radical (unpaired) electrons. The van der Waals surface area contributed by atoms with E-state index in [1.807, 2.05) is 0 Å². The fraction of sp³-hybridized carbons (Fsp3) is 1.00. The van der Waals surface area contributed by atoms with Crippen LogP contribution in [0.3, 0.4) is 0 Å². The number of aliphatic hydroxyl groups excluding tert-OH is 2. The van der Waals surface area contributed by atoms with Gasteiger partial charge in [0.05, 0.1) is 19.3 Å². The van der Waals surface area contributed by atoms with Gasteiger partial charge in [-0.3, -0.25) is 4.90 Å². The number of rotatable bonds is 39. The lowest BCUT2D eigenvalue weighted by molar-refractivity contribution is -0.115. The molecule has 0 spiro atoms. The zero-order chi connectivity index (χ0) is 36.2. The number of likely N-dealkylation sites (tertiary alicyclic amines) is 1. The van der Waals surface area contributed by atoms with E-state index >= 15 is 0 Å². The molecule has 3 atom stereocenters. The SMILES string of the molecule is CCCCCCCCCCCCOCC(O)CN(CCCCCC(O)OCC(CCCCCC)CCCCCCCC)CCN1CCCCC1. The molecule has 1 rings (SSSR count). The van der Waals surface area contributed by atoms with Crippen LogP contribution in [-0.2, 0) is 9.47 Å². The van der Waals surface area contributed by atoms with Crippen molar-refractivity contribution in [3.8, 4) is 0 Å². The van der Waals surface area contributed by atoms with E-state index in [2.05, 4.69) is 30.6 Å². The summed E-state index contributed by atoms with van der Waals surface area (Å²) in [6.45, 7) is 15.0. The van der Waals surface area contributed by atoms with E-state index in [0.717, 1.165) is 58.3 Å². The van der Waals surface area contributed by atoms with Crippen LogP contribution in [0.1, 0.15) is 207 Å². The standard InChI is InChI=1S/C44H90N2O4/c1-4-7-10-13-15-16-17-18-20-29-38-49-41-43(47)39-46(37-36-45-33-27-22-28-34-45)35-26-21-25-32-44(48)50-40-42(30-23-12-9-6-3)31-24-19-14-11-8-5-2/h42-44,47-48H,4-41H2,1-3H3. The van der Waals surface area contributed by atoms with Crippen LogP contribution in [0.5, 0.6) is 0 Å². The molecule has 6 nitrogen and oxygen atoms in total. The summed E-state index contributed by atoms with van der Waals surface area (Å²) in [7, 11) is 0. The molecule has 50 heavy (non-hydrogen) atoms. The van der Waals surface area contributed by atoms with E-state index in [4.69, 9.17) is 9.47 Å². The minimum absolute atomic E-state index is 0.430. The molecule has 0 aromatic rings. The molecule has 1 saturated heterocycles. The highest BCUT2D eigenvalue weighted by atomic mass is 16.6. The summed E-state index contributed by atoms with van der Waals surface area (Å²) in [5, 5.41) is 21.5. The van der Waals surface area contributed by atoms with E-state index in [9.17, 15) is 10.2 Å². The number of nitrogens with zero attached hydrogens (tertiary/aromatic N) is 2. The summed E-state index contributed by atoms with van der Waals surface area (Å²) in [4.78, 5) is 5.06. The fourth-order valence-corrected chi connectivity index (χ4v) is 7.57. The number of unbranched alkanes of at least 4 members (excludes halogenated alkanes) is 19. The van der Waals surface area contributed by atoms with Gasteiger partial charge in [-0.1, -0.05) is 156 Å². The van der Waals surface area contributed by atoms with Crippen LogP contribution in [0.25, 0.3) is 0 Å². The van der Waals surface area contributed by atoms with Crippen LogP contribution in [0.15, 0.2) is 0 Å². The van der Waals surface area contributed by atoms with Gasteiger partial charge in [-0.25, -0.2) is 0 Å². The third kappa shape index (κ3) is 31.3. The highest BCUT2D eigenvalue weighted by Gasteiger charge is 2.16. The van der Waals surface area contributed by atoms with Crippen LogP contribution in [0, 0.1) is 5.92 Å². The molecule has 6 heteroatoms. The molecule has 0 aliphatic carbocycles. The van der Waals surface area contributed by atoms with Crippen LogP contribution >= 0.6 is 0 Å². The molecule has 0 aromatic carbocycles. The number of hydrogen-bond donors (Lipinski definition) is 2. The van der Waals surface area contributed by atoms with E-state index in [1.54, 1.807) is 0 Å². The Balaban J connectivity index is 2.29. The van der Waals surface area contributed by atoms with Gasteiger partial charge in [0, 0.05) is 26.2 Å². The summed E-state index contributed by atoms with van der Waals surface area (Å²) in [6.07, 6.45) is 35.9. The van der Waals surface area contributed by atoms with Gasteiger partial charge in [0.15, 0.2) is 6.29 Å². The highest BCUT2D eigenvalue weighted by Crippen LogP contribution is 2.21. The summed E-state index contributed by atoms with van der Waals surface area (Å²) in [5.74, 6) is 0.589. The fourth-order valence-electron chi connectivity index (χ4n) is 7.57. The minimum Gasteiger partial charge on any atom is -0.389 e. The lowest BCUT2D eigenvalue weighted by Gasteiger charge is -2.31. The van der Waals surface area contributed by atoms with Crippen LogP contribution in [-0.4, -0.2) is 91.5 Å². The summed E-state index contributed by atoms with van der Waals surface area (Å²) in [6, 6.07) is 0. The second-order valence-electron chi connectivity index (χ2n) is 16.0. The summed E-state index contributed by atoms with van der Waals surface area (Å²) < 4.78 is 11.9. The third-order valence-electron chi connectivity index (χ3n) is 11.0. The molecule has 0 saturated carbocycles. The quantitative estimate of drug-likeness (QED) is 0.0489. The molecule has 3 unspecified atom stereocenters. The van der Waals surface area contributed by atoms with Gasteiger partial charge in [-0.15, -0.1) is 0 Å². The maximum Gasteiger partial charge on any atom is 0.154 e. The van der Waals surface area contributed by atoms with Gasteiger partial charge in [0.2, 0.25) is 0 Å². The van der Waals surface area contributed by atoms with Gasteiger partial charge in [0.1, 0.15) is 0 Å². The van der Waals surface area contributed by atoms with Crippen molar-refractivity contribution in [1.82, 2.24) is 9.80 Å². The first-order valence-corrected chi connectivity index (χ1v) is 22.6. The van der Waals surface area contributed by atoms with E-state index < -0.39 is 12.4 Å². The van der Waals surface area contributed by atoms with Gasteiger partial charge < -0.3 is 24.6 Å². The van der Waals surface area contributed by atoms with Crippen molar-refractivity contribution in [2.45, 2.75) is 219 Å². The zero-order valence-electron chi connectivity index (χ0n) is 34.2. The second kappa shape index (κ2) is 37.1. The molecule has 1 fully saturated rings. The van der Waals surface area contributed by atoms with Crippen molar-refractivity contribution in [1.29, 1.82) is 0 Å². The molecule has 2 N–H and O–H groups in total. The van der Waals surface area contributed by atoms with Crippen molar-refractivity contribution in [3.05, 3.63) is 0 Å². The van der Waals surface area contributed by atoms with Crippen LogP contribution in [0.4, 0.5) is 0 Å². The summed E-state index contributed by atoms with van der Waals surface area (Å²) >= 11 is 0. The summed E-state index contributed by atoms with van der Waals surface area (Å²) in [5.41, 5.74) is 0. The first-order chi connectivity index (χ1) is 24.6. The van der Waals surface area contributed by atoms with Crippen LogP contribution in [0.2, 0.25) is 0 Å². The van der Waals surface area contributed by atoms with Gasteiger partial charge in [-0.2, -0.15) is 0 Å². The van der Waals surface area contributed by atoms with Gasteiger partial charge in [0.25, 0.3) is 0 Å². The topological polar surface area (TPSA) is 65.4 Å². The molecule has 300 valence electrons. The molecule has 1 aliphatic heterocycles. The molecular formula is C44H90N2O4. The Morgan fingerprint density at radius 3 is 1.64 bits per heavy atom. The maximum atomic E-state index is 10.9. The maximum absolute atomic E-state index is 10.9. The number of piperidine rings is 1. The Kier molecular flexibility index (Phi) is 35.4. The minimum atomic E-state index is -0.637. The first-order valence-electron chi connectivity index (χ1n) is 22.6. The molecule has 0 amide bonds. The largest absolute Gasteiger partial charge is 0.389 e. The Hall–Kier alpha value is -0.240. The van der Waals surface area contributed by atoms with Crippen molar-refractivity contribution >= 4 is 0 Å². The second-order valence-corrected chi connectivity index (χ2v) is 16.0. The average Bonchev–Trinajstić information content (AvgIpc) is 3.13. The van der Waals surface area contributed by atoms with E-state index in [-0.39, 0.29) is 0 Å². The van der Waals surface area contributed by atoms with Gasteiger partial charge in [-0.05, 0) is 76.9 Å². The van der Waals surface area contributed by atoms with Crippen molar-refractivity contribution in [3.63, 3.8) is 0 Å². The first kappa shape index (κ1) is 47.8. The number of ether oxygens (including phenoxy) is 2. The highest BCUT2D eigenvalue weighted by molar-refractivity contribution is 4.70. The Bertz CT molecular complexity index is 662. The Labute approximate surface area is 313 Å². The number of hydrogen-bond acceptors (Lipinski definition) is 6. The monoisotopic (exact) mass is 711 g/mol. The lowest BCUT2D eigenvalue weighted by Crippen LogP contribution is -2.42. The average molecular weight is 711 g/mol. The Morgan fingerprint density at radius 1 is 0.540 bits per heavy atom. The lowest BCUT2D eigenvalue weighted by atomic mass is 9.95. The van der Waals surface area contributed by atoms with E-state index in [0.29, 0.717) is 25.7 Å². The van der Waals surface area contributed by atoms with Crippen molar-refractivity contribution < 1.29 is 19.7 Å². The molecule has 1 heterocycles. The molecular weight excluding hydrogens is 620 g/mol. The predicted molar refractivity (Wildman–Crippen MR) is 216 cm³/mol. The molecule has 1 aliphatic rings. The predicted octanol–water partition coefficient (Wildman–Crippen LogP) is 11.3. The smallest absolute Gasteiger partial charge is 0.154 e. The Morgan fingerprint density at radius 2 is 1.04 bits per heavy atom. The van der Waals surface area contributed by atoms with Crippen molar-refractivity contribution in [2.24, 2.45) is 5.92 Å². The molecule has 0 aromatic heterocycles. The van der Waals surface area contributed by atoms with Crippen molar-refractivity contribution in [2.75, 3.05) is 59.1 Å². The zero-order valence-corrected chi connectivity index (χ0v) is 34.2. The van der Waals surface area contributed by atoms with E-state index in [1.165, 1.54) is 167 Å². The third-order valence-corrected chi connectivity index (χ3v) is 11.0.